The van der Waals surface area contributed by atoms with E-state index in [-0.39, 0.29) is 30.5 Å². The molecule has 1 saturated heterocycles. The van der Waals surface area contributed by atoms with Crippen molar-refractivity contribution >= 4 is 11.6 Å². The van der Waals surface area contributed by atoms with Gasteiger partial charge < -0.3 is 19.3 Å². The van der Waals surface area contributed by atoms with Crippen LogP contribution < -0.4 is 0 Å². The van der Waals surface area contributed by atoms with Gasteiger partial charge in [0.15, 0.2) is 0 Å². The molecule has 1 unspecified atom stereocenters. The number of ether oxygens (including phenoxy) is 1. The van der Waals surface area contributed by atoms with E-state index in [0.29, 0.717) is 13.2 Å². The zero-order chi connectivity index (χ0) is 14.0. The Hall–Kier alpha value is -1.93. The molecule has 0 aromatic carbocycles. The number of aryl methyl sites for hydroxylation is 1. The van der Waals surface area contributed by atoms with Crippen molar-refractivity contribution in [2.24, 2.45) is 7.05 Å². The summed E-state index contributed by atoms with van der Waals surface area (Å²) >= 11 is 0. The van der Waals surface area contributed by atoms with Crippen molar-refractivity contribution in [1.29, 1.82) is 0 Å². The van der Waals surface area contributed by atoms with Crippen LogP contribution in [0.15, 0.2) is 12.3 Å². The zero-order valence-electron chi connectivity index (χ0n) is 10.5. The molecule has 8 heteroatoms. The summed E-state index contributed by atoms with van der Waals surface area (Å²) in [7, 11) is 1.58. The van der Waals surface area contributed by atoms with Crippen LogP contribution in [0.5, 0.6) is 0 Å². The van der Waals surface area contributed by atoms with Crippen molar-refractivity contribution in [3.63, 3.8) is 0 Å². The topological polar surface area (TPSA) is 97.8 Å². The number of aliphatic hydroxyl groups excluding tert-OH is 1. The number of carbonyl (C=O) groups is 1. The van der Waals surface area contributed by atoms with Crippen molar-refractivity contribution in [2.45, 2.75) is 6.04 Å². The van der Waals surface area contributed by atoms with Gasteiger partial charge in [0, 0.05) is 19.7 Å². The molecule has 104 valence electrons. The Labute approximate surface area is 109 Å². The van der Waals surface area contributed by atoms with E-state index in [1.165, 1.54) is 21.7 Å². The van der Waals surface area contributed by atoms with Crippen LogP contribution >= 0.6 is 0 Å². The number of aliphatic hydroxyl groups is 1. The highest BCUT2D eigenvalue weighted by molar-refractivity contribution is 5.93. The molecule has 1 atom stereocenters. The molecule has 1 N–H and O–H groups in total. The van der Waals surface area contributed by atoms with Gasteiger partial charge in [0.05, 0.1) is 37.0 Å². The maximum atomic E-state index is 12.3. The summed E-state index contributed by atoms with van der Waals surface area (Å²) in [6.07, 6.45) is 1.29. The van der Waals surface area contributed by atoms with Gasteiger partial charge in [-0.05, 0) is 0 Å². The minimum absolute atomic E-state index is 0.125. The van der Waals surface area contributed by atoms with E-state index in [1.54, 1.807) is 7.05 Å². The first-order valence-electron chi connectivity index (χ1n) is 5.85. The van der Waals surface area contributed by atoms with E-state index in [0.717, 1.165) is 0 Å². The normalized spacial score (nSPS) is 19.5. The summed E-state index contributed by atoms with van der Waals surface area (Å²) < 4.78 is 6.62. The molecular weight excluding hydrogens is 254 g/mol. The lowest BCUT2D eigenvalue weighted by Gasteiger charge is -2.34. The number of morpholine rings is 1. The molecule has 1 amide bonds. The van der Waals surface area contributed by atoms with Crippen molar-refractivity contribution in [2.75, 3.05) is 26.4 Å². The van der Waals surface area contributed by atoms with E-state index in [9.17, 15) is 20.0 Å². The minimum atomic E-state index is -0.542. The van der Waals surface area contributed by atoms with Crippen LogP contribution in [-0.4, -0.2) is 57.8 Å². The lowest BCUT2D eigenvalue weighted by atomic mass is 10.2. The van der Waals surface area contributed by atoms with E-state index in [1.807, 2.05) is 0 Å². The Kier molecular flexibility index (Phi) is 3.82. The molecule has 1 aliphatic rings. The predicted molar refractivity (Wildman–Crippen MR) is 64.8 cm³/mol. The highest BCUT2D eigenvalue weighted by atomic mass is 16.6. The number of rotatable bonds is 3. The van der Waals surface area contributed by atoms with Crippen molar-refractivity contribution in [1.82, 2.24) is 9.47 Å². The molecule has 0 bridgehead atoms. The lowest BCUT2D eigenvalue weighted by Crippen LogP contribution is -2.50. The second-order valence-electron chi connectivity index (χ2n) is 4.36. The van der Waals surface area contributed by atoms with Gasteiger partial charge in [-0.15, -0.1) is 0 Å². The Morgan fingerprint density at radius 1 is 1.68 bits per heavy atom. The first-order chi connectivity index (χ1) is 9.04. The molecule has 0 aliphatic carbocycles. The lowest BCUT2D eigenvalue weighted by molar-refractivity contribution is -0.384. The number of carbonyl (C=O) groups excluding carboxylic acids is 1. The summed E-state index contributed by atoms with van der Waals surface area (Å²) in [6.45, 7) is 0.838. The number of hydrogen-bond donors (Lipinski definition) is 1. The van der Waals surface area contributed by atoms with E-state index in [4.69, 9.17) is 4.74 Å². The average Bonchev–Trinajstić information content (AvgIpc) is 2.80. The SMILES string of the molecule is Cn1cc([N+](=O)[O-])cc1C(=O)N1CCOCC1CO. The maximum absolute atomic E-state index is 12.3. The van der Waals surface area contributed by atoms with Crippen molar-refractivity contribution < 1.29 is 19.6 Å². The van der Waals surface area contributed by atoms with E-state index < -0.39 is 11.0 Å². The van der Waals surface area contributed by atoms with Crippen LogP contribution in [0.4, 0.5) is 5.69 Å². The van der Waals surface area contributed by atoms with Crippen LogP contribution in [-0.2, 0) is 11.8 Å². The largest absolute Gasteiger partial charge is 0.394 e. The zero-order valence-corrected chi connectivity index (χ0v) is 10.5. The fraction of sp³-hybridized carbons (Fsp3) is 0.545. The van der Waals surface area contributed by atoms with Gasteiger partial charge in [0.2, 0.25) is 0 Å². The fourth-order valence-corrected chi connectivity index (χ4v) is 2.08. The number of hydrogen-bond acceptors (Lipinski definition) is 5. The van der Waals surface area contributed by atoms with E-state index >= 15 is 0 Å². The summed E-state index contributed by atoms with van der Waals surface area (Å²) in [5.41, 5.74) is 0.103. The van der Waals surface area contributed by atoms with Gasteiger partial charge in [0.1, 0.15) is 5.69 Å². The van der Waals surface area contributed by atoms with Gasteiger partial charge in [-0.2, -0.15) is 0 Å². The summed E-state index contributed by atoms with van der Waals surface area (Å²) in [6, 6.07) is 0.835. The molecule has 0 radical (unpaired) electrons. The fourth-order valence-electron chi connectivity index (χ4n) is 2.08. The summed E-state index contributed by atoms with van der Waals surface area (Å²) in [5.74, 6) is -0.335. The first kappa shape index (κ1) is 13.5. The van der Waals surface area contributed by atoms with Gasteiger partial charge in [-0.1, -0.05) is 0 Å². The molecule has 1 aromatic heterocycles. The second-order valence-corrected chi connectivity index (χ2v) is 4.36. The Bertz CT molecular complexity index is 499. The minimum Gasteiger partial charge on any atom is -0.394 e. The molecule has 8 nitrogen and oxygen atoms in total. The molecule has 1 aliphatic heterocycles. The van der Waals surface area contributed by atoms with Gasteiger partial charge in [0.25, 0.3) is 11.6 Å². The second kappa shape index (κ2) is 5.37. The molecule has 0 saturated carbocycles. The highest BCUT2D eigenvalue weighted by Crippen LogP contribution is 2.19. The van der Waals surface area contributed by atoms with Crippen LogP contribution in [0.1, 0.15) is 10.5 Å². The predicted octanol–water partition coefficient (Wildman–Crippen LogP) is -0.233. The van der Waals surface area contributed by atoms with Crippen molar-refractivity contribution in [3.05, 3.63) is 28.1 Å². The van der Waals surface area contributed by atoms with Gasteiger partial charge >= 0.3 is 0 Å². The monoisotopic (exact) mass is 269 g/mol. The average molecular weight is 269 g/mol. The molecule has 1 fully saturated rings. The number of nitrogens with zero attached hydrogens (tertiary/aromatic N) is 3. The van der Waals surface area contributed by atoms with Crippen LogP contribution in [0.2, 0.25) is 0 Å². The number of amides is 1. The first-order valence-corrected chi connectivity index (χ1v) is 5.85. The molecule has 19 heavy (non-hydrogen) atoms. The van der Waals surface area contributed by atoms with Crippen LogP contribution in [0.3, 0.4) is 0 Å². The van der Waals surface area contributed by atoms with Crippen LogP contribution in [0.25, 0.3) is 0 Å². The highest BCUT2D eigenvalue weighted by Gasteiger charge is 2.30. The van der Waals surface area contributed by atoms with Gasteiger partial charge in [-0.3, -0.25) is 14.9 Å². The standard InChI is InChI=1S/C11H15N3O5/c1-12-5-8(14(17)18)4-10(12)11(16)13-2-3-19-7-9(13)6-15/h4-5,9,15H,2-3,6-7H2,1H3. The summed E-state index contributed by atoms with van der Waals surface area (Å²) in [5, 5.41) is 19.9. The van der Waals surface area contributed by atoms with E-state index in [2.05, 4.69) is 0 Å². The third-order valence-corrected chi connectivity index (χ3v) is 3.12. The van der Waals surface area contributed by atoms with Gasteiger partial charge in [-0.25, -0.2) is 0 Å². The smallest absolute Gasteiger partial charge is 0.287 e. The maximum Gasteiger partial charge on any atom is 0.287 e. The Balaban J connectivity index is 2.25. The molecule has 2 rings (SSSR count). The van der Waals surface area contributed by atoms with Crippen molar-refractivity contribution in [3.8, 4) is 0 Å². The molecule has 2 heterocycles. The quantitative estimate of drug-likeness (QED) is 0.603. The van der Waals surface area contributed by atoms with Crippen LogP contribution in [0, 0.1) is 10.1 Å². The third-order valence-electron chi connectivity index (χ3n) is 3.12. The third kappa shape index (κ3) is 2.59. The molecule has 0 spiro atoms. The molecule has 1 aromatic rings. The summed E-state index contributed by atoms with van der Waals surface area (Å²) in [4.78, 5) is 24.0. The number of nitro groups is 1. The Morgan fingerprint density at radius 2 is 2.42 bits per heavy atom. The Morgan fingerprint density at radius 3 is 3.00 bits per heavy atom. The molecular formula is C11H15N3O5. The number of aromatic nitrogens is 1.